The van der Waals surface area contributed by atoms with Crippen LogP contribution in [-0.4, -0.2) is 0 Å². The number of rotatable bonds is 7. The molecule has 0 atom stereocenters. The zero-order valence-electron chi connectivity index (χ0n) is 9.73. The molecule has 0 heteroatoms. The van der Waals surface area contributed by atoms with Gasteiger partial charge in [-0.15, -0.1) is 0 Å². The van der Waals surface area contributed by atoms with Crippen molar-refractivity contribution in [3.63, 3.8) is 0 Å². The van der Waals surface area contributed by atoms with Crippen LogP contribution in [0.2, 0.25) is 0 Å². The molecule has 0 N–H and O–H groups in total. The van der Waals surface area contributed by atoms with Crippen molar-refractivity contribution in [2.75, 3.05) is 0 Å². The summed E-state index contributed by atoms with van der Waals surface area (Å²) in [6.45, 7) is 7.12. The zero-order valence-corrected chi connectivity index (χ0v) is 9.73. The Morgan fingerprint density at radius 3 is 2.15 bits per heavy atom. The average Bonchev–Trinajstić information content (AvgIpc) is 2.96. The molecule has 0 aromatic carbocycles. The first-order chi connectivity index (χ1) is 6.20. The normalized spacial score (nSPS) is 17.8. The molecule has 0 saturated heterocycles. The Morgan fingerprint density at radius 2 is 1.69 bits per heavy atom. The Balaban J connectivity index is 2.01. The molecule has 0 nitrogen and oxygen atoms in total. The van der Waals surface area contributed by atoms with Crippen LogP contribution in [0.5, 0.6) is 0 Å². The maximum Gasteiger partial charge on any atom is -0.0331 e. The van der Waals surface area contributed by atoms with E-state index in [1.165, 1.54) is 51.4 Å². The monoisotopic (exact) mass is 182 g/mol. The first kappa shape index (κ1) is 11.1. The highest BCUT2D eigenvalue weighted by Gasteiger charge is 2.22. The molecule has 1 rings (SSSR count). The van der Waals surface area contributed by atoms with Gasteiger partial charge in [0.25, 0.3) is 0 Å². The van der Waals surface area contributed by atoms with Crippen molar-refractivity contribution >= 4 is 0 Å². The second-order valence-electron chi connectivity index (χ2n) is 5.21. The number of hydrogen-bond acceptors (Lipinski definition) is 0. The third kappa shape index (κ3) is 4.15. The van der Waals surface area contributed by atoms with Crippen molar-refractivity contribution in [3.05, 3.63) is 0 Å². The zero-order chi connectivity index (χ0) is 9.73. The third-order valence-electron chi connectivity index (χ3n) is 4.05. The quantitative estimate of drug-likeness (QED) is 0.497. The van der Waals surface area contributed by atoms with Gasteiger partial charge in [0.15, 0.2) is 0 Å². The SMILES string of the molecule is CCC(C)(CC)CCCCC1CC1. The summed E-state index contributed by atoms with van der Waals surface area (Å²) in [7, 11) is 0. The molecule has 0 aromatic heterocycles. The lowest BCUT2D eigenvalue weighted by atomic mass is 9.80. The molecule has 0 bridgehead atoms. The van der Waals surface area contributed by atoms with Crippen molar-refractivity contribution in [2.45, 2.75) is 72.1 Å². The van der Waals surface area contributed by atoms with E-state index < -0.39 is 0 Å². The standard InChI is InChI=1S/C13H26/c1-4-13(3,5-2)11-7-6-8-12-9-10-12/h12H,4-11H2,1-3H3. The van der Waals surface area contributed by atoms with Crippen molar-refractivity contribution in [1.82, 2.24) is 0 Å². The van der Waals surface area contributed by atoms with Gasteiger partial charge in [0, 0.05) is 0 Å². The average molecular weight is 182 g/mol. The van der Waals surface area contributed by atoms with Gasteiger partial charge < -0.3 is 0 Å². The fourth-order valence-electron chi connectivity index (χ4n) is 1.99. The molecule has 0 unspecified atom stereocenters. The molecular weight excluding hydrogens is 156 g/mol. The molecule has 0 aromatic rings. The van der Waals surface area contributed by atoms with E-state index in [-0.39, 0.29) is 0 Å². The van der Waals surface area contributed by atoms with Crippen LogP contribution in [0.3, 0.4) is 0 Å². The molecule has 1 saturated carbocycles. The fourth-order valence-corrected chi connectivity index (χ4v) is 1.99. The van der Waals surface area contributed by atoms with E-state index in [2.05, 4.69) is 20.8 Å². The van der Waals surface area contributed by atoms with Gasteiger partial charge in [0.1, 0.15) is 0 Å². The van der Waals surface area contributed by atoms with Crippen LogP contribution in [0, 0.1) is 11.3 Å². The van der Waals surface area contributed by atoms with Gasteiger partial charge in [-0.3, -0.25) is 0 Å². The summed E-state index contributed by atoms with van der Waals surface area (Å²) in [6, 6.07) is 0. The summed E-state index contributed by atoms with van der Waals surface area (Å²) in [5.74, 6) is 1.13. The number of hydrogen-bond donors (Lipinski definition) is 0. The van der Waals surface area contributed by atoms with Crippen molar-refractivity contribution in [3.8, 4) is 0 Å². The highest BCUT2D eigenvalue weighted by atomic mass is 14.3. The molecule has 13 heavy (non-hydrogen) atoms. The molecule has 1 aliphatic carbocycles. The second kappa shape index (κ2) is 5.02. The summed E-state index contributed by atoms with van der Waals surface area (Å²) in [5, 5.41) is 0. The predicted octanol–water partition coefficient (Wildman–Crippen LogP) is 4.78. The van der Waals surface area contributed by atoms with Crippen LogP contribution in [0.15, 0.2) is 0 Å². The van der Waals surface area contributed by atoms with Gasteiger partial charge in [-0.25, -0.2) is 0 Å². The summed E-state index contributed by atoms with van der Waals surface area (Å²) >= 11 is 0. The largest absolute Gasteiger partial charge is 0.0649 e. The molecule has 1 fully saturated rings. The van der Waals surface area contributed by atoms with E-state index in [9.17, 15) is 0 Å². The van der Waals surface area contributed by atoms with Gasteiger partial charge in [0.05, 0.1) is 0 Å². The Hall–Kier alpha value is 0. The van der Waals surface area contributed by atoms with Crippen molar-refractivity contribution in [1.29, 1.82) is 0 Å². The van der Waals surface area contributed by atoms with E-state index in [4.69, 9.17) is 0 Å². The molecule has 0 aliphatic heterocycles. The molecule has 1 aliphatic rings. The minimum atomic E-state index is 0.642. The van der Waals surface area contributed by atoms with Gasteiger partial charge in [-0.05, 0) is 17.8 Å². The van der Waals surface area contributed by atoms with Crippen LogP contribution >= 0.6 is 0 Å². The Morgan fingerprint density at radius 1 is 1.08 bits per heavy atom. The van der Waals surface area contributed by atoms with E-state index in [1.807, 2.05) is 0 Å². The molecule has 0 radical (unpaired) electrons. The lowest BCUT2D eigenvalue weighted by Crippen LogP contribution is -2.13. The first-order valence-electron chi connectivity index (χ1n) is 6.20. The molecular formula is C13H26. The Bertz CT molecular complexity index is 129. The van der Waals surface area contributed by atoms with E-state index in [0.717, 1.165) is 5.92 Å². The molecule has 0 spiro atoms. The Labute approximate surface area is 84.1 Å². The van der Waals surface area contributed by atoms with Gasteiger partial charge in [-0.1, -0.05) is 65.7 Å². The van der Waals surface area contributed by atoms with Crippen LogP contribution in [0.1, 0.15) is 72.1 Å². The smallest absolute Gasteiger partial charge is 0.0331 e. The minimum Gasteiger partial charge on any atom is -0.0649 e. The maximum atomic E-state index is 2.45. The van der Waals surface area contributed by atoms with Crippen molar-refractivity contribution in [2.24, 2.45) is 11.3 Å². The summed E-state index contributed by atoms with van der Waals surface area (Å²) in [5.41, 5.74) is 0.642. The van der Waals surface area contributed by atoms with Crippen molar-refractivity contribution < 1.29 is 0 Å². The highest BCUT2D eigenvalue weighted by Crippen LogP contribution is 2.36. The molecule has 0 heterocycles. The summed E-state index contributed by atoms with van der Waals surface area (Å²) in [6.07, 6.45) is 11.7. The topological polar surface area (TPSA) is 0 Å². The second-order valence-corrected chi connectivity index (χ2v) is 5.21. The van der Waals surface area contributed by atoms with Gasteiger partial charge in [-0.2, -0.15) is 0 Å². The van der Waals surface area contributed by atoms with Crippen LogP contribution in [0.25, 0.3) is 0 Å². The third-order valence-corrected chi connectivity index (χ3v) is 4.05. The molecule has 78 valence electrons. The maximum absolute atomic E-state index is 2.45. The Kier molecular flexibility index (Phi) is 4.28. The van der Waals surface area contributed by atoms with E-state index >= 15 is 0 Å². The lowest BCUT2D eigenvalue weighted by Gasteiger charge is -2.26. The summed E-state index contributed by atoms with van der Waals surface area (Å²) in [4.78, 5) is 0. The lowest BCUT2D eigenvalue weighted by molar-refractivity contribution is 0.261. The first-order valence-corrected chi connectivity index (χ1v) is 6.20. The van der Waals surface area contributed by atoms with Crippen LogP contribution in [0.4, 0.5) is 0 Å². The van der Waals surface area contributed by atoms with Gasteiger partial charge >= 0.3 is 0 Å². The number of unbranched alkanes of at least 4 members (excludes halogenated alkanes) is 1. The van der Waals surface area contributed by atoms with E-state index in [0.29, 0.717) is 5.41 Å². The van der Waals surface area contributed by atoms with Crippen LogP contribution in [-0.2, 0) is 0 Å². The predicted molar refractivity (Wildman–Crippen MR) is 59.9 cm³/mol. The van der Waals surface area contributed by atoms with Crippen LogP contribution < -0.4 is 0 Å². The minimum absolute atomic E-state index is 0.642. The summed E-state index contributed by atoms with van der Waals surface area (Å²) < 4.78 is 0. The van der Waals surface area contributed by atoms with Gasteiger partial charge in [0.2, 0.25) is 0 Å². The van der Waals surface area contributed by atoms with E-state index in [1.54, 1.807) is 0 Å². The molecule has 0 amide bonds. The fraction of sp³-hybridized carbons (Fsp3) is 1.00. The highest BCUT2D eigenvalue weighted by molar-refractivity contribution is 4.74.